The zero-order valence-corrected chi connectivity index (χ0v) is 9.87. The van der Waals surface area contributed by atoms with Crippen molar-refractivity contribution in [1.82, 2.24) is 5.32 Å². The van der Waals surface area contributed by atoms with Crippen LogP contribution >= 0.6 is 0 Å². The van der Waals surface area contributed by atoms with E-state index >= 15 is 0 Å². The Labute approximate surface area is 99.4 Å². The van der Waals surface area contributed by atoms with Crippen LogP contribution in [0.3, 0.4) is 0 Å². The van der Waals surface area contributed by atoms with Crippen molar-refractivity contribution in [3.63, 3.8) is 0 Å². The highest BCUT2D eigenvalue weighted by Crippen LogP contribution is 2.19. The summed E-state index contributed by atoms with van der Waals surface area (Å²) in [6.45, 7) is 2.11. The SMILES string of the molecule is COc1ccc(F)cc1C(=O)NCC(C)CO. The van der Waals surface area contributed by atoms with Crippen molar-refractivity contribution >= 4 is 5.91 Å². The summed E-state index contributed by atoms with van der Waals surface area (Å²) in [5.41, 5.74) is 0.151. The highest BCUT2D eigenvalue weighted by Gasteiger charge is 2.13. The molecule has 0 bridgehead atoms. The summed E-state index contributed by atoms with van der Waals surface area (Å²) in [5.74, 6) is -0.633. The van der Waals surface area contributed by atoms with Crippen LogP contribution in [0, 0.1) is 11.7 Å². The molecule has 0 saturated carbocycles. The van der Waals surface area contributed by atoms with Crippen LogP contribution in [0.2, 0.25) is 0 Å². The third kappa shape index (κ3) is 3.71. The van der Waals surface area contributed by atoms with E-state index < -0.39 is 11.7 Å². The third-order valence-corrected chi connectivity index (χ3v) is 2.33. The van der Waals surface area contributed by atoms with E-state index in [2.05, 4.69) is 5.32 Å². The first-order valence-electron chi connectivity index (χ1n) is 5.31. The molecule has 1 amide bonds. The molecule has 5 heteroatoms. The molecule has 1 aromatic rings. The Balaban J connectivity index is 2.77. The predicted octanol–water partition coefficient (Wildman–Crippen LogP) is 1.19. The maximum Gasteiger partial charge on any atom is 0.255 e. The van der Waals surface area contributed by atoms with E-state index in [9.17, 15) is 9.18 Å². The van der Waals surface area contributed by atoms with Gasteiger partial charge in [0.25, 0.3) is 5.91 Å². The second-order valence-electron chi connectivity index (χ2n) is 3.84. The van der Waals surface area contributed by atoms with E-state index in [4.69, 9.17) is 9.84 Å². The maximum absolute atomic E-state index is 13.0. The number of amides is 1. The predicted molar refractivity (Wildman–Crippen MR) is 61.5 cm³/mol. The second kappa shape index (κ2) is 6.20. The van der Waals surface area contributed by atoms with Crippen molar-refractivity contribution in [3.8, 4) is 5.75 Å². The summed E-state index contributed by atoms with van der Waals surface area (Å²) in [7, 11) is 1.42. The van der Waals surface area contributed by atoms with Crippen molar-refractivity contribution < 1.29 is 19.0 Å². The number of halogens is 1. The van der Waals surface area contributed by atoms with Gasteiger partial charge in [0.1, 0.15) is 11.6 Å². The van der Waals surface area contributed by atoms with Crippen LogP contribution < -0.4 is 10.1 Å². The molecular weight excluding hydrogens is 225 g/mol. The molecule has 4 nitrogen and oxygen atoms in total. The molecule has 0 radical (unpaired) electrons. The lowest BCUT2D eigenvalue weighted by Crippen LogP contribution is -2.29. The zero-order chi connectivity index (χ0) is 12.8. The Morgan fingerprint density at radius 2 is 2.29 bits per heavy atom. The lowest BCUT2D eigenvalue weighted by Gasteiger charge is -2.11. The van der Waals surface area contributed by atoms with Crippen LogP contribution in [0.1, 0.15) is 17.3 Å². The average molecular weight is 241 g/mol. The molecule has 94 valence electrons. The van der Waals surface area contributed by atoms with Gasteiger partial charge in [-0.25, -0.2) is 4.39 Å². The van der Waals surface area contributed by atoms with Gasteiger partial charge in [-0.05, 0) is 24.1 Å². The van der Waals surface area contributed by atoms with Crippen molar-refractivity contribution in [3.05, 3.63) is 29.6 Å². The molecule has 1 atom stereocenters. The molecule has 0 heterocycles. The molecule has 1 unspecified atom stereocenters. The summed E-state index contributed by atoms with van der Waals surface area (Å²) in [6.07, 6.45) is 0. The van der Waals surface area contributed by atoms with Gasteiger partial charge in [0.05, 0.1) is 12.7 Å². The third-order valence-electron chi connectivity index (χ3n) is 2.33. The first-order valence-corrected chi connectivity index (χ1v) is 5.31. The van der Waals surface area contributed by atoms with Gasteiger partial charge in [-0.2, -0.15) is 0 Å². The van der Waals surface area contributed by atoms with Gasteiger partial charge in [0, 0.05) is 13.2 Å². The Hall–Kier alpha value is -1.62. The standard InChI is InChI=1S/C12H16FNO3/c1-8(7-15)6-14-12(16)10-5-9(13)3-4-11(10)17-2/h3-5,8,15H,6-7H2,1-2H3,(H,14,16). The highest BCUT2D eigenvalue weighted by atomic mass is 19.1. The molecule has 17 heavy (non-hydrogen) atoms. The fraction of sp³-hybridized carbons (Fsp3) is 0.417. The molecule has 2 N–H and O–H groups in total. The average Bonchev–Trinajstić information content (AvgIpc) is 2.35. The van der Waals surface area contributed by atoms with Crippen molar-refractivity contribution in [2.45, 2.75) is 6.92 Å². The lowest BCUT2D eigenvalue weighted by atomic mass is 10.1. The number of ether oxygens (including phenoxy) is 1. The first-order chi connectivity index (χ1) is 8.08. The molecule has 0 fully saturated rings. The topological polar surface area (TPSA) is 58.6 Å². The minimum absolute atomic E-state index is 0.0133. The molecular formula is C12H16FNO3. The van der Waals surface area contributed by atoms with Gasteiger partial charge in [-0.3, -0.25) is 4.79 Å². The number of aliphatic hydroxyl groups is 1. The second-order valence-corrected chi connectivity index (χ2v) is 3.84. The zero-order valence-electron chi connectivity index (χ0n) is 9.87. The molecule has 0 aliphatic carbocycles. The van der Waals surface area contributed by atoms with Crippen LogP contribution in [0.15, 0.2) is 18.2 Å². The minimum atomic E-state index is -0.494. The van der Waals surface area contributed by atoms with Gasteiger partial charge in [0.2, 0.25) is 0 Å². The van der Waals surface area contributed by atoms with E-state index in [0.29, 0.717) is 12.3 Å². The van der Waals surface area contributed by atoms with Crippen LogP contribution in [-0.4, -0.2) is 31.3 Å². The Kier molecular flexibility index (Phi) is 4.90. The van der Waals surface area contributed by atoms with E-state index in [0.717, 1.165) is 6.07 Å². The Bertz CT molecular complexity index is 395. The molecule has 0 aromatic heterocycles. The number of hydrogen-bond acceptors (Lipinski definition) is 3. The van der Waals surface area contributed by atoms with Gasteiger partial charge < -0.3 is 15.2 Å². The number of aliphatic hydroxyl groups excluding tert-OH is 1. The summed E-state index contributed by atoms with van der Waals surface area (Å²) in [4.78, 5) is 11.8. The number of benzene rings is 1. The van der Waals surface area contributed by atoms with Gasteiger partial charge in [-0.1, -0.05) is 6.92 Å². The number of rotatable bonds is 5. The van der Waals surface area contributed by atoms with Crippen molar-refractivity contribution in [2.75, 3.05) is 20.3 Å². The fourth-order valence-electron chi connectivity index (χ4n) is 1.28. The van der Waals surface area contributed by atoms with Crippen LogP contribution in [0.25, 0.3) is 0 Å². The molecule has 0 aliphatic rings. The maximum atomic E-state index is 13.0. The van der Waals surface area contributed by atoms with Gasteiger partial charge >= 0.3 is 0 Å². The van der Waals surface area contributed by atoms with Crippen molar-refractivity contribution in [1.29, 1.82) is 0 Å². The van der Waals surface area contributed by atoms with Gasteiger partial charge in [0.15, 0.2) is 0 Å². The number of nitrogens with one attached hydrogen (secondary N) is 1. The Morgan fingerprint density at radius 1 is 1.59 bits per heavy atom. The van der Waals surface area contributed by atoms with E-state index in [1.54, 1.807) is 6.92 Å². The summed E-state index contributed by atoms with van der Waals surface area (Å²) in [5, 5.41) is 11.4. The van der Waals surface area contributed by atoms with E-state index in [1.807, 2.05) is 0 Å². The van der Waals surface area contributed by atoms with E-state index in [-0.39, 0.29) is 18.1 Å². The van der Waals surface area contributed by atoms with Gasteiger partial charge in [-0.15, -0.1) is 0 Å². The largest absolute Gasteiger partial charge is 0.496 e. The quantitative estimate of drug-likeness (QED) is 0.814. The summed E-state index contributed by atoms with van der Waals surface area (Å²) in [6, 6.07) is 3.75. The Morgan fingerprint density at radius 3 is 2.88 bits per heavy atom. The molecule has 0 spiro atoms. The fourth-order valence-corrected chi connectivity index (χ4v) is 1.28. The monoisotopic (exact) mass is 241 g/mol. The highest BCUT2D eigenvalue weighted by molar-refractivity contribution is 5.96. The summed E-state index contributed by atoms with van der Waals surface area (Å²) < 4.78 is 18.0. The molecule has 0 saturated heterocycles. The summed E-state index contributed by atoms with van der Waals surface area (Å²) >= 11 is 0. The number of hydrogen-bond donors (Lipinski definition) is 2. The van der Waals surface area contributed by atoms with Crippen LogP contribution in [0.5, 0.6) is 5.75 Å². The van der Waals surface area contributed by atoms with E-state index in [1.165, 1.54) is 19.2 Å². The number of methoxy groups -OCH3 is 1. The number of carbonyl (C=O) groups is 1. The smallest absolute Gasteiger partial charge is 0.255 e. The minimum Gasteiger partial charge on any atom is -0.496 e. The van der Waals surface area contributed by atoms with Crippen molar-refractivity contribution in [2.24, 2.45) is 5.92 Å². The lowest BCUT2D eigenvalue weighted by molar-refractivity contribution is 0.0939. The van der Waals surface area contributed by atoms with Crippen LogP contribution in [-0.2, 0) is 0 Å². The van der Waals surface area contributed by atoms with Crippen LogP contribution in [0.4, 0.5) is 4.39 Å². The first kappa shape index (κ1) is 13.4. The molecule has 1 rings (SSSR count). The molecule has 1 aromatic carbocycles. The normalized spacial score (nSPS) is 12.0. The molecule has 0 aliphatic heterocycles. The number of carbonyl (C=O) groups excluding carboxylic acids is 1.